The van der Waals surface area contributed by atoms with Crippen molar-refractivity contribution in [1.82, 2.24) is 4.98 Å². The van der Waals surface area contributed by atoms with E-state index in [1.54, 1.807) is 25.1 Å². The van der Waals surface area contributed by atoms with E-state index in [9.17, 15) is 9.59 Å². The van der Waals surface area contributed by atoms with Gasteiger partial charge in [-0.3, -0.25) is 9.59 Å². The largest absolute Gasteiger partial charge is 0.495 e. The number of halogens is 1. The summed E-state index contributed by atoms with van der Waals surface area (Å²) in [6.45, 7) is 1.78. The molecule has 0 saturated heterocycles. The third-order valence-corrected chi connectivity index (χ3v) is 4.95. The molecule has 3 aromatic rings. The fourth-order valence-electron chi connectivity index (χ4n) is 2.44. The molecule has 0 fully saturated rings. The van der Waals surface area contributed by atoms with E-state index in [0.29, 0.717) is 37.2 Å². The molecule has 124 valence electrons. The zero-order chi connectivity index (χ0) is 17.4. The number of pyridine rings is 1. The Labute approximate surface area is 146 Å². The van der Waals surface area contributed by atoms with Crippen LogP contribution >= 0.6 is 22.9 Å². The molecular weight excluding hydrogens is 350 g/mol. The fourth-order valence-corrected chi connectivity index (χ4v) is 3.78. The molecule has 0 radical (unpaired) electrons. The van der Waals surface area contributed by atoms with Gasteiger partial charge in [-0.05, 0) is 30.7 Å². The van der Waals surface area contributed by atoms with E-state index in [0.717, 1.165) is 16.9 Å². The first-order chi connectivity index (χ1) is 11.4. The Morgan fingerprint density at radius 1 is 1.38 bits per heavy atom. The van der Waals surface area contributed by atoms with Crippen molar-refractivity contribution in [3.05, 3.63) is 50.1 Å². The van der Waals surface area contributed by atoms with E-state index < -0.39 is 0 Å². The Morgan fingerprint density at radius 2 is 2.12 bits per heavy atom. The van der Waals surface area contributed by atoms with Crippen LogP contribution in [0.1, 0.15) is 15.2 Å². The Balaban J connectivity index is 1.97. The van der Waals surface area contributed by atoms with Crippen LogP contribution in [0.2, 0.25) is 5.02 Å². The topological polar surface area (TPSA) is 97.2 Å². The van der Waals surface area contributed by atoms with Crippen molar-refractivity contribution in [2.45, 2.75) is 6.92 Å². The van der Waals surface area contributed by atoms with Crippen molar-refractivity contribution in [2.24, 2.45) is 0 Å². The van der Waals surface area contributed by atoms with Crippen LogP contribution in [0, 0.1) is 6.92 Å². The van der Waals surface area contributed by atoms with Crippen LogP contribution in [0.4, 0.5) is 11.4 Å². The number of carbonyl (C=O) groups is 1. The second-order valence-electron chi connectivity index (χ2n) is 5.17. The number of amides is 1. The number of methoxy groups -OCH3 is 1. The zero-order valence-corrected chi connectivity index (χ0v) is 14.5. The van der Waals surface area contributed by atoms with Gasteiger partial charge < -0.3 is 20.8 Å². The number of nitrogen functional groups attached to an aromatic ring is 1. The van der Waals surface area contributed by atoms with Crippen LogP contribution in [-0.4, -0.2) is 18.0 Å². The van der Waals surface area contributed by atoms with Gasteiger partial charge in [-0.1, -0.05) is 11.6 Å². The van der Waals surface area contributed by atoms with Crippen molar-refractivity contribution >= 4 is 50.4 Å². The van der Waals surface area contributed by atoms with E-state index in [1.807, 2.05) is 0 Å². The number of hydrogen-bond acceptors (Lipinski definition) is 5. The molecule has 0 bridgehead atoms. The van der Waals surface area contributed by atoms with Crippen molar-refractivity contribution in [3.8, 4) is 5.75 Å². The number of fused-ring (bicyclic) bond motifs is 1. The minimum absolute atomic E-state index is 0.227. The van der Waals surface area contributed by atoms with Crippen LogP contribution in [0.15, 0.2) is 29.1 Å². The number of carbonyl (C=O) groups excluding carboxylic acids is 1. The normalized spacial score (nSPS) is 10.8. The molecule has 8 heteroatoms. The van der Waals surface area contributed by atoms with Gasteiger partial charge in [0, 0.05) is 17.1 Å². The molecule has 2 heterocycles. The second-order valence-corrected chi connectivity index (χ2v) is 6.60. The molecule has 4 N–H and O–H groups in total. The number of nitrogens with two attached hydrogens (primary N) is 1. The lowest BCUT2D eigenvalue weighted by Crippen LogP contribution is -2.12. The second kappa shape index (κ2) is 6.18. The van der Waals surface area contributed by atoms with Gasteiger partial charge in [0.05, 0.1) is 17.8 Å². The average Bonchev–Trinajstić information content (AvgIpc) is 2.84. The Bertz CT molecular complexity index is 1010. The van der Waals surface area contributed by atoms with Crippen molar-refractivity contribution < 1.29 is 9.53 Å². The number of thiophene rings is 1. The lowest BCUT2D eigenvalue weighted by atomic mass is 10.1. The summed E-state index contributed by atoms with van der Waals surface area (Å²) in [6, 6.07) is 6.39. The zero-order valence-electron chi connectivity index (χ0n) is 12.9. The van der Waals surface area contributed by atoms with E-state index in [4.69, 9.17) is 22.1 Å². The predicted octanol–water partition coefficient (Wildman–Crippen LogP) is 3.39. The number of ether oxygens (including phenoxy) is 1. The molecule has 0 saturated carbocycles. The van der Waals surface area contributed by atoms with Crippen LogP contribution in [0.3, 0.4) is 0 Å². The summed E-state index contributed by atoms with van der Waals surface area (Å²) in [6.07, 6.45) is 0. The van der Waals surface area contributed by atoms with Gasteiger partial charge in [-0.15, -0.1) is 11.3 Å². The first-order valence-corrected chi connectivity index (χ1v) is 8.17. The highest BCUT2D eigenvalue weighted by atomic mass is 35.5. The van der Waals surface area contributed by atoms with Gasteiger partial charge >= 0.3 is 0 Å². The highest BCUT2D eigenvalue weighted by Gasteiger charge is 2.19. The van der Waals surface area contributed by atoms with Crippen molar-refractivity contribution in [2.75, 3.05) is 18.2 Å². The maximum atomic E-state index is 12.5. The minimum Gasteiger partial charge on any atom is -0.495 e. The van der Waals surface area contributed by atoms with Gasteiger partial charge in [0.15, 0.2) is 0 Å². The summed E-state index contributed by atoms with van der Waals surface area (Å²) in [7, 11) is 1.51. The third-order valence-electron chi connectivity index (χ3n) is 3.54. The van der Waals surface area contributed by atoms with E-state index in [1.165, 1.54) is 13.2 Å². The molecule has 0 unspecified atom stereocenters. The lowest BCUT2D eigenvalue weighted by molar-refractivity contribution is 0.103. The lowest BCUT2D eigenvalue weighted by Gasteiger charge is -2.07. The summed E-state index contributed by atoms with van der Waals surface area (Å²) >= 11 is 7.20. The summed E-state index contributed by atoms with van der Waals surface area (Å²) in [5.41, 5.74) is 7.47. The number of aromatic nitrogens is 1. The number of aromatic amines is 1. The molecule has 6 nitrogen and oxygen atoms in total. The van der Waals surface area contributed by atoms with E-state index >= 15 is 0 Å². The van der Waals surface area contributed by atoms with Gasteiger partial charge in [0.25, 0.3) is 5.91 Å². The molecule has 0 aliphatic rings. The standard InChI is InChI=1S/C16H14ClN3O3S/c1-7-5-11(21)20-16-12(7)13(18)14(24-16)15(22)19-8-3-4-10(23-2)9(17)6-8/h3-6H,18H2,1-2H3,(H,19,22)(H,20,21). The summed E-state index contributed by atoms with van der Waals surface area (Å²) in [5, 5.41) is 3.83. The highest BCUT2D eigenvalue weighted by molar-refractivity contribution is 7.21. The summed E-state index contributed by atoms with van der Waals surface area (Å²) in [4.78, 5) is 27.7. The average molecular weight is 364 g/mol. The number of benzene rings is 1. The summed E-state index contributed by atoms with van der Waals surface area (Å²) < 4.78 is 5.08. The minimum atomic E-state index is -0.366. The Kier molecular flexibility index (Phi) is 4.21. The number of H-pyrrole nitrogens is 1. The molecule has 2 aromatic heterocycles. The van der Waals surface area contributed by atoms with E-state index in [-0.39, 0.29) is 11.5 Å². The van der Waals surface area contributed by atoms with Crippen LogP contribution < -0.4 is 21.3 Å². The Hall–Kier alpha value is -2.51. The maximum Gasteiger partial charge on any atom is 0.267 e. The van der Waals surface area contributed by atoms with Crippen molar-refractivity contribution in [1.29, 1.82) is 0 Å². The monoisotopic (exact) mass is 363 g/mol. The summed E-state index contributed by atoms with van der Waals surface area (Å²) in [5.74, 6) is 0.152. The van der Waals surface area contributed by atoms with Gasteiger partial charge in [0.1, 0.15) is 15.5 Å². The number of hydrogen-bond donors (Lipinski definition) is 3. The Morgan fingerprint density at radius 3 is 2.79 bits per heavy atom. The molecule has 0 atom stereocenters. The molecule has 24 heavy (non-hydrogen) atoms. The quantitative estimate of drug-likeness (QED) is 0.664. The predicted molar refractivity (Wildman–Crippen MR) is 97.6 cm³/mol. The molecule has 3 rings (SSSR count). The SMILES string of the molecule is COc1ccc(NC(=O)c2sc3[nH]c(=O)cc(C)c3c2N)cc1Cl. The molecule has 1 amide bonds. The fraction of sp³-hybridized carbons (Fsp3) is 0.125. The van der Waals surface area contributed by atoms with Gasteiger partial charge in [-0.25, -0.2) is 0 Å². The first kappa shape index (κ1) is 16.4. The highest BCUT2D eigenvalue weighted by Crippen LogP contribution is 2.34. The van der Waals surface area contributed by atoms with Gasteiger partial charge in [0.2, 0.25) is 5.56 Å². The number of nitrogens with one attached hydrogen (secondary N) is 2. The third kappa shape index (κ3) is 2.83. The number of anilines is 2. The van der Waals surface area contributed by atoms with Crippen LogP contribution in [0.25, 0.3) is 10.2 Å². The first-order valence-electron chi connectivity index (χ1n) is 6.97. The number of aryl methyl sites for hydroxylation is 1. The van der Waals surface area contributed by atoms with E-state index in [2.05, 4.69) is 10.3 Å². The molecule has 0 aliphatic heterocycles. The molecule has 0 aliphatic carbocycles. The van der Waals surface area contributed by atoms with Gasteiger partial charge in [-0.2, -0.15) is 0 Å². The molecule has 0 spiro atoms. The molecule has 1 aromatic carbocycles. The molecular formula is C16H14ClN3O3S. The number of rotatable bonds is 3. The van der Waals surface area contributed by atoms with Crippen molar-refractivity contribution in [3.63, 3.8) is 0 Å². The smallest absolute Gasteiger partial charge is 0.267 e. The maximum absolute atomic E-state index is 12.5. The van der Waals surface area contributed by atoms with Crippen LogP contribution in [0.5, 0.6) is 5.75 Å². The van der Waals surface area contributed by atoms with Crippen LogP contribution in [-0.2, 0) is 0 Å².